The first-order valence-corrected chi connectivity index (χ1v) is 34.7. The van der Waals surface area contributed by atoms with Crippen molar-refractivity contribution in [2.24, 2.45) is 11.3 Å². The van der Waals surface area contributed by atoms with E-state index in [1.807, 2.05) is 67.2 Å². The van der Waals surface area contributed by atoms with Gasteiger partial charge in [0.05, 0.1) is 38.6 Å². The van der Waals surface area contributed by atoms with E-state index in [0.717, 1.165) is 124 Å². The number of halogens is 1. The van der Waals surface area contributed by atoms with Gasteiger partial charge < -0.3 is 40.7 Å². The number of hydrogen-bond acceptors (Lipinski definition) is 15. The van der Waals surface area contributed by atoms with Crippen LogP contribution < -0.4 is 31.1 Å². The molecule has 2 saturated carbocycles. The minimum Gasteiger partial charge on any atom is -0.391 e. The Balaban J connectivity index is 0.674. The smallest absolute Gasteiger partial charge is 0.270 e. The number of alkyl halides is 1. The van der Waals surface area contributed by atoms with Crippen LogP contribution in [0.5, 0.6) is 0 Å². The van der Waals surface area contributed by atoms with Gasteiger partial charge in [-0.2, -0.15) is 5.10 Å². The lowest BCUT2D eigenvalue weighted by Gasteiger charge is -2.43. The van der Waals surface area contributed by atoms with Gasteiger partial charge >= 0.3 is 0 Å². The van der Waals surface area contributed by atoms with Crippen LogP contribution in [0.4, 0.5) is 21.0 Å². The van der Waals surface area contributed by atoms with Crippen LogP contribution in [0.3, 0.4) is 0 Å². The fourth-order valence-electron chi connectivity index (χ4n) is 14.5. The van der Waals surface area contributed by atoms with Gasteiger partial charge in [0.1, 0.15) is 23.6 Å². The van der Waals surface area contributed by atoms with E-state index in [2.05, 4.69) is 81.8 Å². The van der Waals surface area contributed by atoms with Crippen molar-refractivity contribution in [1.29, 1.82) is 0 Å². The quantitative estimate of drug-likeness (QED) is 0.0573. The second-order valence-corrected chi connectivity index (χ2v) is 29.3. The maximum atomic E-state index is 15.0. The van der Waals surface area contributed by atoms with Crippen molar-refractivity contribution in [3.63, 3.8) is 0 Å². The topological polar surface area (TPSA) is 223 Å². The van der Waals surface area contributed by atoms with Crippen LogP contribution in [0.15, 0.2) is 84.5 Å². The number of nitrogens with zero attached hydrogens (tertiary/aromatic N) is 9. The Morgan fingerprint density at radius 2 is 1.62 bits per heavy atom. The summed E-state index contributed by atoms with van der Waals surface area (Å²) in [5.74, 6) is -0.924. The summed E-state index contributed by atoms with van der Waals surface area (Å²) in [7, 11) is 0. The van der Waals surface area contributed by atoms with Crippen molar-refractivity contribution in [3.8, 4) is 21.6 Å². The number of piperidine rings is 2. The second-order valence-electron chi connectivity index (χ2n) is 27.4. The highest BCUT2D eigenvalue weighted by Gasteiger charge is 2.53. The molecule has 484 valence electrons. The van der Waals surface area contributed by atoms with Crippen LogP contribution in [0.2, 0.25) is 0 Å². The third-order valence-corrected chi connectivity index (χ3v) is 22.0. The average Bonchev–Trinajstić information content (AvgIpc) is 1.31. The van der Waals surface area contributed by atoms with Crippen molar-refractivity contribution in [3.05, 3.63) is 124 Å². The van der Waals surface area contributed by atoms with Crippen LogP contribution >= 0.6 is 22.7 Å². The molecule has 0 unspecified atom stereocenters. The number of amides is 5. The lowest BCUT2D eigenvalue weighted by Crippen LogP contribution is -2.59. The lowest BCUT2D eigenvalue weighted by molar-refractivity contribution is -0.145. The zero-order valence-corrected chi connectivity index (χ0v) is 54.9. The van der Waals surface area contributed by atoms with Gasteiger partial charge in [0.15, 0.2) is 10.8 Å². The monoisotopic (exact) mass is 1290 g/mol. The molecule has 19 nitrogen and oxygen atoms in total. The summed E-state index contributed by atoms with van der Waals surface area (Å²) in [6, 6.07) is 22.3. The molecule has 4 aromatic heterocycles. The number of rotatable bonds is 17. The van der Waals surface area contributed by atoms with E-state index >= 15 is 4.79 Å². The Kier molecular flexibility index (Phi) is 18.1. The van der Waals surface area contributed by atoms with Crippen LogP contribution in [0.25, 0.3) is 31.8 Å². The molecule has 8 heterocycles. The molecule has 0 spiro atoms. The first kappa shape index (κ1) is 63.1. The van der Waals surface area contributed by atoms with Gasteiger partial charge in [0, 0.05) is 105 Å². The zero-order valence-electron chi connectivity index (χ0n) is 53.3. The number of anilines is 3. The number of hydrogen-bond donors (Lipinski definition) is 5. The molecule has 5 amide bonds. The van der Waals surface area contributed by atoms with Gasteiger partial charge in [-0.05, 0) is 142 Å². The van der Waals surface area contributed by atoms with E-state index in [0.29, 0.717) is 53.7 Å². The Hall–Kier alpha value is -7.66. The molecule has 92 heavy (non-hydrogen) atoms. The Morgan fingerprint density at radius 1 is 0.837 bits per heavy atom. The molecule has 5 fully saturated rings. The normalized spacial score (nSPS) is 20.2. The van der Waals surface area contributed by atoms with E-state index in [1.165, 1.54) is 48.3 Å². The Bertz CT molecular complexity index is 3870. The van der Waals surface area contributed by atoms with E-state index in [4.69, 9.17) is 10.1 Å². The number of thiazole rings is 2. The van der Waals surface area contributed by atoms with Gasteiger partial charge in [0.2, 0.25) is 11.8 Å². The van der Waals surface area contributed by atoms with Crippen molar-refractivity contribution in [1.82, 2.24) is 50.5 Å². The number of likely N-dealkylation sites (tertiary alicyclic amines) is 2. The fourth-order valence-corrected chi connectivity index (χ4v) is 16.1. The summed E-state index contributed by atoms with van der Waals surface area (Å²) < 4.78 is 18.0. The molecule has 2 aliphatic carbocycles. The number of aliphatic hydroxyl groups is 1. The standard InChI is InChI=1S/C70H84FN13O6S2/c1-42-61(91-41-73-42)46-18-19-47(36-72-64(87)57-35-50(85)39-83(57)66(89)62(69(3,4)5)78-67(90)70(71)27-28-70)56(34-46)81-32-25-49(26-33-81)80-30-23-48(24-31-80)75-65(88)60-51(53-37-74-84(43(53)2)38-44-12-7-6-8-13-44)20-21-59(77-60)82-29-22-45-14-11-15-52(54(45)40-82)63(86)79-68-76-55-16-9-10-17-58(55)92-68/h9-11,14-21,34,37,41,44,48-50,57,62,85H,6-8,12-13,22-33,35-36,38-40H2,1-5H3,(H,72,87)(H,75,88)(H,78,90)(H,76,79,86)/t50-,57+,62-/m1/s1. The van der Waals surface area contributed by atoms with Gasteiger partial charge in [-0.15, -0.1) is 11.3 Å². The summed E-state index contributed by atoms with van der Waals surface area (Å²) in [6.45, 7) is 14.8. The third kappa shape index (κ3) is 13.4. The van der Waals surface area contributed by atoms with Crippen LogP contribution in [-0.2, 0) is 40.4 Å². The van der Waals surface area contributed by atoms with E-state index < -0.39 is 47.0 Å². The molecule has 3 saturated heterocycles. The number of carbonyl (C=O) groups is 5. The van der Waals surface area contributed by atoms with E-state index in [9.17, 15) is 28.7 Å². The van der Waals surface area contributed by atoms with E-state index in [-0.39, 0.29) is 50.2 Å². The number of pyridine rings is 1. The highest BCUT2D eigenvalue weighted by atomic mass is 32.1. The minimum atomic E-state index is -1.98. The summed E-state index contributed by atoms with van der Waals surface area (Å²) in [4.78, 5) is 94.4. The first-order valence-electron chi connectivity index (χ1n) is 33.0. The van der Waals surface area contributed by atoms with Gasteiger partial charge in [-0.3, -0.25) is 34.0 Å². The summed E-state index contributed by atoms with van der Waals surface area (Å²) >= 11 is 3.04. The summed E-state index contributed by atoms with van der Waals surface area (Å²) in [6.07, 6.45) is 11.5. The van der Waals surface area contributed by atoms with Gasteiger partial charge in [0.25, 0.3) is 17.7 Å². The van der Waals surface area contributed by atoms with Gasteiger partial charge in [-0.1, -0.05) is 87.8 Å². The number of benzene rings is 3. The number of aromatic nitrogens is 5. The molecule has 22 heteroatoms. The minimum absolute atomic E-state index is 0.0383. The number of nitrogens with one attached hydrogen (secondary N) is 4. The van der Waals surface area contributed by atoms with Crippen molar-refractivity contribution < 1.29 is 33.5 Å². The molecule has 13 rings (SSSR count). The number of carbonyl (C=O) groups excluding carboxylic acids is 5. The molecule has 6 aliphatic rings. The molecule has 5 N–H and O–H groups in total. The first-order chi connectivity index (χ1) is 44.3. The molecule has 0 radical (unpaired) electrons. The molecule has 7 aromatic rings. The van der Waals surface area contributed by atoms with E-state index in [1.54, 1.807) is 32.1 Å². The molecular formula is C70H84FN13O6S2. The Labute approximate surface area is 545 Å². The lowest BCUT2D eigenvalue weighted by atomic mass is 9.85. The molecule has 3 atom stereocenters. The molecular weight excluding hydrogens is 1200 g/mol. The number of aliphatic hydroxyl groups excluding tert-OH is 1. The Morgan fingerprint density at radius 3 is 2.36 bits per heavy atom. The summed E-state index contributed by atoms with van der Waals surface area (Å²) in [5.41, 5.74) is 9.50. The zero-order chi connectivity index (χ0) is 64.0. The van der Waals surface area contributed by atoms with Crippen molar-refractivity contribution in [2.75, 3.05) is 54.4 Å². The highest BCUT2D eigenvalue weighted by Crippen LogP contribution is 2.41. The van der Waals surface area contributed by atoms with Crippen molar-refractivity contribution >= 4 is 79.1 Å². The summed E-state index contributed by atoms with van der Waals surface area (Å²) in [5, 5.41) is 28.6. The highest BCUT2D eigenvalue weighted by molar-refractivity contribution is 7.22. The third-order valence-electron chi connectivity index (χ3n) is 20.1. The SMILES string of the molecule is Cc1ncsc1-c1ccc(CNC(=O)[C@@H]2C[C@@H](O)CN2C(=O)[C@@H](NC(=O)C2(F)CC2)C(C)(C)C)c(N2CCC(N3CCC(NC(=O)c4nc(N5CCc6cccc(C(=O)Nc7nc8ccccc8s7)c6C5)ccc4-c4cnn(CC5CCCCC5)c4C)CC3)CC2)c1. The maximum absolute atomic E-state index is 15.0. The predicted octanol–water partition coefficient (Wildman–Crippen LogP) is 10.2. The van der Waals surface area contributed by atoms with Crippen LogP contribution in [0.1, 0.15) is 147 Å². The number of para-hydroxylation sites is 1. The van der Waals surface area contributed by atoms with Crippen LogP contribution in [0, 0.1) is 25.2 Å². The molecule has 4 aliphatic heterocycles. The van der Waals surface area contributed by atoms with Crippen molar-refractivity contribution in [2.45, 2.75) is 174 Å². The second kappa shape index (κ2) is 26.4. The molecule has 0 bridgehead atoms. The average molecular weight is 1290 g/mol. The largest absolute Gasteiger partial charge is 0.391 e. The number of β-amino-alcohol motifs (C(OH)–C–C–N with tert-alkyl or cyclic N) is 1. The predicted molar refractivity (Wildman–Crippen MR) is 358 cm³/mol. The van der Waals surface area contributed by atoms with Crippen LogP contribution in [-0.4, -0.2) is 144 Å². The van der Waals surface area contributed by atoms with Gasteiger partial charge in [-0.25, -0.2) is 19.3 Å². The number of aryl methyl sites for hydroxylation is 1. The molecule has 3 aromatic carbocycles. The maximum Gasteiger partial charge on any atom is 0.270 e. The fraction of sp³-hybridized carbons (Fsp3) is 0.500. The number of fused-ring (bicyclic) bond motifs is 2.